The third-order valence-corrected chi connectivity index (χ3v) is 3.38. The van der Waals surface area contributed by atoms with Crippen molar-refractivity contribution in [2.45, 2.75) is 6.92 Å². The van der Waals surface area contributed by atoms with Crippen LogP contribution in [0.2, 0.25) is 10.0 Å². The first-order valence-corrected chi connectivity index (χ1v) is 6.81. The van der Waals surface area contributed by atoms with E-state index < -0.39 is 0 Å². The molecule has 2 aromatic rings. The third kappa shape index (κ3) is 2.89. The van der Waals surface area contributed by atoms with E-state index >= 15 is 0 Å². The number of nitrogen functional groups attached to an aromatic ring is 1. The van der Waals surface area contributed by atoms with Crippen molar-refractivity contribution in [1.29, 1.82) is 0 Å². The molecule has 0 aliphatic heterocycles. The predicted octanol–water partition coefficient (Wildman–Crippen LogP) is 4.21. The highest BCUT2D eigenvalue weighted by molar-refractivity contribution is 6.37. The molecule has 2 N–H and O–H groups in total. The number of ketones is 1. The molecule has 0 spiro atoms. The fourth-order valence-corrected chi connectivity index (χ4v) is 2.28. The molecular weight excluding hydrogens is 297 g/mol. The lowest BCUT2D eigenvalue weighted by atomic mass is 10.0. The largest absolute Gasteiger partial charge is 0.492 e. The van der Waals surface area contributed by atoms with Crippen LogP contribution in [0.5, 0.6) is 5.75 Å². The fourth-order valence-electron chi connectivity index (χ4n) is 1.82. The second-order valence-electron chi connectivity index (χ2n) is 4.11. The van der Waals surface area contributed by atoms with Crippen molar-refractivity contribution in [2.24, 2.45) is 0 Å². The fraction of sp³-hybridized carbons (Fsp3) is 0.133. The van der Waals surface area contributed by atoms with Gasteiger partial charge < -0.3 is 10.5 Å². The molecule has 3 nitrogen and oxygen atoms in total. The first-order chi connectivity index (χ1) is 9.54. The van der Waals surface area contributed by atoms with Crippen molar-refractivity contribution in [3.05, 3.63) is 57.6 Å². The number of anilines is 1. The van der Waals surface area contributed by atoms with Crippen molar-refractivity contribution < 1.29 is 9.53 Å². The van der Waals surface area contributed by atoms with Crippen molar-refractivity contribution in [1.82, 2.24) is 0 Å². The van der Waals surface area contributed by atoms with Crippen LogP contribution in [0.1, 0.15) is 22.8 Å². The van der Waals surface area contributed by atoms with E-state index in [1.54, 1.807) is 30.3 Å². The van der Waals surface area contributed by atoms with E-state index in [9.17, 15) is 4.79 Å². The van der Waals surface area contributed by atoms with Gasteiger partial charge in [0.2, 0.25) is 0 Å². The van der Waals surface area contributed by atoms with Crippen LogP contribution in [0.4, 0.5) is 5.69 Å². The third-order valence-electron chi connectivity index (χ3n) is 2.77. The zero-order valence-corrected chi connectivity index (χ0v) is 12.3. The average Bonchev–Trinajstić information content (AvgIpc) is 2.42. The summed E-state index contributed by atoms with van der Waals surface area (Å²) >= 11 is 12.2. The van der Waals surface area contributed by atoms with Crippen LogP contribution in [-0.4, -0.2) is 12.4 Å². The van der Waals surface area contributed by atoms with Gasteiger partial charge in [-0.2, -0.15) is 0 Å². The van der Waals surface area contributed by atoms with E-state index in [4.69, 9.17) is 33.7 Å². The topological polar surface area (TPSA) is 52.3 Å². The summed E-state index contributed by atoms with van der Waals surface area (Å²) in [7, 11) is 0. The molecule has 0 saturated carbocycles. The Morgan fingerprint density at radius 2 is 1.85 bits per heavy atom. The van der Waals surface area contributed by atoms with Gasteiger partial charge in [0.25, 0.3) is 0 Å². The maximum Gasteiger partial charge on any atom is 0.196 e. The summed E-state index contributed by atoms with van der Waals surface area (Å²) in [6.07, 6.45) is 0. The molecule has 0 unspecified atom stereocenters. The summed E-state index contributed by atoms with van der Waals surface area (Å²) in [5.74, 6) is 0.190. The van der Waals surface area contributed by atoms with Gasteiger partial charge in [0, 0.05) is 22.9 Å². The number of ether oxygens (including phenoxy) is 1. The summed E-state index contributed by atoms with van der Waals surface area (Å²) in [5.41, 5.74) is 6.91. The van der Waals surface area contributed by atoms with E-state index in [0.717, 1.165) is 0 Å². The number of nitrogens with two attached hydrogens (primary N) is 1. The number of benzene rings is 2. The van der Waals surface area contributed by atoms with Crippen molar-refractivity contribution >= 4 is 34.7 Å². The first-order valence-electron chi connectivity index (χ1n) is 6.05. The number of rotatable bonds is 4. The zero-order valence-electron chi connectivity index (χ0n) is 10.8. The molecule has 20 heavy (non-hydrogen) atoms. The average molecular weight is 310 g/mol. The van der Waals surface area contributed by atoms with Crippen LogP contribution in [-0.2, 0) is 0 Å². The molecule has 0 heterocycles. The molecule has 0 fully saturated rings. The van der Waals surface area contributed by atoms with Gasteiger partial charge in [-0.25, -0.2) is 0 Å². The van der Waals surface area contributed by atoms with Crippen LogP contribution in [0, 0.1) is 0 Å². The predicted molar refractivity (Wildman–Crippen MR) is 81.9 cm³/mol. The monoisotopic (exact) mass is 309 g/mol. The van der Waals surface area contributed by atoms with Gasteiger partial charge in [0.1, 0.15) is 5.75 Å². The molecule has 0 saturated heterocycles. The number of hydrogen-bond donors (Lipinski definition) is 1. The molecule has 0 aromatic heterocycles. The van der Waals surface area contributed by atoms with Gasteiger partial charge in [-0.15, -0.1) is 0 Å². The molecule has 0 atom stereocenters. The Morgan fingerprint density at radius 3 is 2.50 bits per heavy atom. The summed E-state index contributed by atoms with van der Waals surface area (Å²) < 4.78 is 5.33. The Balaban J connectivity index is 2.46. The van der Waals surface area contributed by atoms with Gasteiger partial charge in [-0.1, -0.05) is 35.3 Å². The van der Waals surface area contributed by atoms with Crippen LogP contribution in [0.25, 0.3) is 0 Å². The number of carbonyl (C=O) groups is 1. The summed E-state index contributed by atoms with van der Waals surface area (Å²) in [4.78, 5) is 12.4. The van der Waals surface area contributed by atoms with Gasteiger partial charge in [0.05, 0.1) is 16.7 Å². The maximum absolute atomic E-state index is 12.4. The Morgan fingerprint density at radius 1 is 1.15 bits per heavy atom. The van der Waals surface area contributed by atoms with E-state index in [2.05, 4.69) is 0 Å². The number of carbonyl (C=O) groups excluding carboxylic acids is 1. The number of halogens is 2. The van der Waals surface area contributed by atoms with Crippen molar-refractivity contribution in [2.75, 3.05) is 12.3 Å². The molecule has 5 heteroatoms. The Labute approximate surface area is 127 Å². The lowest BCUT2D eigenvalue weighted by molar-refractivity contribution is 0.103. The molecular formula is C15H13Cl2NO2. The molecule has 2 rings (SSSR count). The van der Waals surface area contributed by atoms with E-state index in [-0.39, 0.29) is 10.8 Å². The molecule has 2 aromatic carbocycles. The molecule has 104 valence electrons. The van der Waals surface area contributed by atoms with E-state index in [1.165, 1.54) is 6.07 Å². The highest BCUT2D eigenvalue weighted by atomic mass is 35.5. The van der Waals surface area contributed by atoms with E-state index in [1.807, 2.05) is 6.92 Å². The highest BCUT2D eigenvalue weighted by Gasteiger charge is 2.17. The van der Waals surface area contributed by atoms with E-state index in [0.29, 0.717) is 34.2 Å². The van der Waals surface area contributed by atoms with Gasteiger partial charge in [-0.05, 0) is 25.1 Å². The Kier molecular flexibility index (Phi) is 4.53. The van der Waals surface area contributed by atoms with Gasteiger partial charge in [0.15, 0.2) is 5.78 Å². The highest BCUT2D eigenvalue weighted by Crippen LogP contribution is 2.33. The Hall–Kier alpha value is -1.71. The second kappa shape index (κ2) is 6.16. The minimum atomic E-state index is -0.266. The zero-order chi connectivity index (χ0) is 14.7. The molecule has 0 aliphatic rings. The first kappa shape index (κ1) is 14.7. The summed E-state index contributed by atoms with van der Waals surface area (Å²) in [6.45, 7) is 2.31. The number of para-hydroxylation sites is 1. The lowest BCUT2D eigenvalue weighted by Gasteiger charge is -2.10. The normalized spacial score (nSPS) is 10.3. The number of hydrogen-bond acceptors (Lipinski definition) is 3. The quantitative estimate of drug-likeness (QED) is 0.680. The minimum absolute atomic E-state index is 0.266. The van der Waals surface area contributed by atoms with Crippen LogP contribution >= 0.6 is 23.2 Å². The lowest BCUT2D eigenvalue weighted by Crippen LogP contribution is -2.06. The van der Waals surface area contributed by atoms with Gasteiger partial charge in [-0.3, -0.25) is 4.79 Å². The van der Waals surface area contributed by atoms with Crippen molar-refractivity contribution in [3.8, 4) is 5.75 Å². The summed E-state index contributed by atoms with van der Waals surface area (Å²) in [5, 5.41) is 0.625. The minimum Gasteiger partial charge on any atom is -0.492 e. The molecule has 0 radical (unpaired) electrons. The Bertz CT molecular complexity index is 656. The van der Waals surface area contributed by atoms with Crippen LogP contribution in [0.3, 0.4) is 0 Å². The smallest absolute Gasteiger partial charge is 0.196 e. The van der Waals surface area contributed by atoms with Crippen LogP contribution < -0.4 is 10.5 Å². The molecule has 0 aliphatic carbocycles. The summed E-state index contributed by atoms with van der Waals surface area (Å²) in [6, 6.07) is 9.87. The maximum atomic E-state index is 12.4. The standard InChI is InChI=1S/C15H13Cl2NO2/c1-2-20-14-8-11(16)10(7-12(14)17)15(19)9-5-3-4-6-13(9)18/h3-8H,2,18H2,1H3. The van der Waals surface area contributed by atoms with Gasteiger partial charge >= 0.3 is 0 Å². The molecule has 0 amide bonds. The van der Waals surface area contributed by atoms with Crippen LogP contribution in [0.15, 0.2) is 36.4 Å². The SMILES string of the molecule is CCOc1cc(Cl)c(C(=O)c2ccccc2N)cc1Cl. The van der Waals surface area contributed by atoms with Crippen molar-refractivity contribution in [3.63, 3.8) is 0 Å². The second-order valence-corrected chi connectivity index (χ2v) is 4.93. The molecule has 0 bridgehead atoms.